The zero-order chi connectivity index (χ0) is 25.9. The lowest BCUT2D eigenvalue weighted by molar-refractivity contribution is -0.137. The molecule has 1 aromatic heterocycles. The van der Waals surface area contributed by atoms with E-state index in [0.717, 1.165) is 29.7 Å². The number of ether oxygens (including phenoxy) is 2. The highest BCUT2D eigenvalue weighted by Gasteiger charge is 2.31. The monoisotopic (exact) mass is 520 g/mol. The van der Waals surface area contributed by atoms with Crippen molar-refractivity contribution < 1.29 is 31.8 Å². The van der Waals surface area contributed by atoms with E-state index in [1.165, 1.54) is 6.20 Å². The zero-order valence-corrected chi connectivity index (χ0v) is 19.9. The van der Waals surface area contributed by atoms with Crippen molar-refractivity contribution in [2.45, 2.75) is 39.0 Å². The highest BCUT2D eigenvalue weighted by atomic mass is 35.5. The van der Waals surface area contributed by atoms with Gasteiger partial charge in [0, 0.05) is 16.1 Å². The number of rotatable bonds is 7. The van der Waals surface area contributed by atoms with Crippen LogP contribution in [0.2, 0.25) is 5.02 Å². The average Bonchev–Trinajstić information content (AvgIpc) is 3.33. The summed E-state index contributed by atoms with van der Waals surface area (Å²) in [6.45, 7) is 1.63. The fourth-order valence-corrected chi connectivity index (χ4v) is 4.17. The molecule has 3 aromatic rings. The van der Waals surface area contributed by atoms with Crippen molar-refractivity contribution in [3.05, 3.63) is 87.7 Å². The van der Waals surface area contributed by atoms with Crippen LogP contribution in [0.25, 0.3) is 11.1 Å². The van der Waals surface area contributed by atoms with Crippen molar-refractivity contribution in [3.63, 3.8) is 0 Å². The van der Waals surface area contributed by atoms with Gasteiger partial charge in [0.05, 0.1) is 30.3 Å². The molecule has 2 aromatic carbocycles. The highest BCUT2D eigenvalue weighted by Crippen LogP contribution is 2.43. The van der Waals surface area contributed by atoms with Gasteiger partial charge in [-0.05, 0) is 67.7 Å². The van der Waals surface area contributed by atoms with Crippen molar-refractivity contribution >= 4 is 28.7 Å². The second-order valence-electron chi connectivity index (χ2n) is 8.05. The van der Waals surface area contributed by atoms with E-state index in [1.807, 2.05) is 0 Å². The van der Waals surface area contributed by atoms with Gasteiger partial charge >= 0.3 is 12.1 Å². The highest BCUT2D eigenvalue weighted by molar-refractivity contribution is 6.30. The SMILES string of the molecule is CCOC(=O)c1cncc(C2=C(c3cc(Cl)ccc3OCc3ccc(C(F)(F)F)cc3F)CCC2)n1. The maximum Gasteiger partial charge on any atom is 0.416 e. The standard InChI is InChI=1S/C26H21ClF4N2O3/c1-2-35-25(34)23-13-32-12-22(33-23)19-5-3-4-18(19)20-11-17(27)8-9-24(20)36-14-15-6-7-16(10-21(15)28)26(29,30)31/h6-13H,2-5,14H2,1H3. The number of halogens is 5. The Bertz CT molecular complexity index is 1320. The molecule has 0 saturated carbocycles. The van der Waals surface area contributed by atoms with Gasteiger partial charge in [0.2, 0.25) is 0 Å². The van der Waals surface area contributed by atoms with Crippen molar-refractivity contribution in [2.75, 3.05) is 6.61 Å². The predicted molar refractivity (Wildman–Crippen MR) is 126 cm³/mol. The molecule has 5 nitrogen and oxygen atoms in total. The van der Waals surface area contributed by atoms with Gasteiger partial charge in [0.15, 0.2) is 5.69 Å². The number of allylic oxidation sites excluding steroid dienone is 2. The van der Waals surface area contributed by atoms with E-state index in [0.29, 0.717) is 40.9 Å². The number of hydrogen-bond donors (Lipinski definition) is 0. The molecule has 0 spiro atoms. The van der Waals surface area contributed by atoms with Gasteiger partial charge in [-0.25, -0.2) is 14.2 Å². The van der Waals surface area contributed by atoms with Gasteiger partial charge in [0.25, 0.3) is 0 Å². The lowest BCUT2D eigenvalue weighted by Gasteiger charge is -2.16. The van der Waals surface area contributed by atoms with Crippen LogP contribution in [0, 0.1) is 5.82 Å². The van der Waals surface area contributed by atoms with E-state index in [-0.39, 0.29) is 24.5 Å². The first-order chi connectivity index (χ1) is 17.2. The number of benzene rings is 2. The van der Waals surface area contributed by atoms with Crippen molar-refractivity contribution in [2.24, 2.45) is 0 Å². The fraction of sp³-hybridized carbons (Fsp3) is 0.269. The van der Waals surface area contributed by atoms with Gasteiger partial charge in [-0.1, -0.05) is 17.7 Å². The summed E-state index contributed by atoms with van der Waals surface area (Å²) in [5.74, 6) is -1.19. The number of hydrogen-bond acceptors (Lipinski definition) is 5. The first-order valence-corrected chi connectivity index (χ1v) is 11.5. The zero-order valence-electron chi connectivity index (χ0n) is 19.2. The first kappa shape index (κ1) is 25.6. The van der Waals surface area contributed by atoms with Gasteiger partial charge in [-0.3, -0.25) is 4.98 Å². The van der Waals surface area contributed by atoms with Crippen LogP contribution in [0.4, 0.5) is 17.6 Å². The molecule has 0 unspecified atom stereocenters. The minimum Gasteiger partial charge on any atom is -0.488 e. The third-order valence-corrected chi connectivity index (χ3v) is 5.91. The quantitative estimate of drug-likeness (QED) is 0.245. The maximum atomic E-state index is 14.3. The molecule has 36 heavy (non-hydrogen) atoms. The van der Waals surface area contributed by atoms with Crippen molar-refractivity contribution in [1.29, 1.82) is 0 Å². The summed E-state index contributed by atoms with van der Waals surface area (Å²) in [6, 6.07) is 7.28. The Morgan fingerprint density at radius 2 is 1.86 bits per heavy atom. The number of esters is 1. The Labute approximate surface area is 209 Å². The third kappa shape index (κ3) is 5.67. The minimum atomic E-state index is -4.64. The second-order valence-corrected chi connectivity index (χ2v) is 8.49. The largest absolute Gasteiger partial charge is 0.488 e. The van der Waals surface area contributed by atoms with Crippen LogP contribution < -0.4 is 4.74 Å². The Balaban J connectivity index is 1.66. The number of carbonyl (C=O) groups excluding carboxylic acids is 1. The summed E-state index contributed by atoms with van der Waals surface area (Å²) in [5, 5.41) is 0.447. The van der Waals surface area contributed by atoms with Crippen molar-refractivity contribution in [1.82, 2.24) is 9.97 Å². The number of carbonyl (C=O) groups is 1. The fourth-order valence-electron chi connectivity index (χ4n) is 4.00. The van der Waals surface area contributed by atoms with E-state index in [2.05, 4.69) is 9.97 Å². The molecule has 1 aliphatic carbocycles. The van der Waals surface area contributed by atoms with E-state index >= 15 is 0 Å². The number of nitrogens with zero attached hydrogens (tertiary/aromatic N) is 2. The predicted octanol–water partition coefficient (Wildman–Crippen LogP) is 7.14. The van der Waals surface area contributed by atoms with E-state index in [9.17, 15) is 22.4 Å². The molecular weight excluding hydrogens is 500 g/mol. The van der Waals surface area contributed by atoms with Crippen molar-refractivity contribution in [3.8, 4) is 5.75 Å². The topological polar surface area (TPSA) is 61.3 Å². The smallest absolute Gasteiger partial charge is 0.416 e. The van der Waals surface area contributed by atoms with Crippen LogP contribution in [-0.2, 0) is 17.5 Å². The lowest BCUT2D eigenvalue weighted by Crippen LogP contribution is -2.09. The number of aromatic nitrogens is 2. The Kier molecular flexibility index (Phi) is 7.59. The molecule has 0 atom stereocenters. The van der Waals surface area contributed by atoms with Gasteiger partial charge in [-0.2, -0.15) is 13.2 Å². The van der Waals surface area contributed by atoms with Crippen LogP contribution in [0.1, 0.15) is 59.1 Å². The molecule has 0 fully saturated rings. The molecule has 4 rings (SSSR count). The Hall–Kier alpha value is -3.46. The van der Waals surface area contributed by atoms with Gasteiger partial charge in [-0.15, -0.1) is 0 Å². The van der Waals surface area contributed by atoms with Gasteiger partial charge in [0.1, 0.15) is 18.2 Å². The molecule has 0 aliphatic heterocycles. The van der Waals surface area contributed by atoms with E-state index < -0.39 is 23.5 Å². The molecule has 1 heterocycles. The third-order valence-electron chi connectivity index (χ3n) is 5.68. The molecule has 188 valence electrons. The molecule has 0 radical (unpaired) electrons. The average molecular weight is 521 g/mol. The molecule has 0 amide bonds. The Morgan fingerprint density at radius 3 is 2.58 bits per heavy atom. The maximum absolute atomic E-state index is 14.3. The second kappa shape index (κ2) is 10.7. The summed E-state index contributed by atoms with van der Waals surface area (Å²) in [7, 11) is 0. The van der Waals surface area contributed by atoms with Crippen LogP contribution >= 0.6 is 11.6 Å². The normalized spacial score (nSPS) is 13.7. The molecule has 0 bridgehead atoms. The Morgan fingerprint density at radius 1 is 1.08 bits per heavy atom. The molecule has 1 aliphatic rings. The molecular formula is C26H21ClF4N2O3. The minimum absolute atomic E-state index is 0.0162. The van der Waals surface area contributed by atoms with Crippen LogP contribution in [0.15, 0.2) is 48.8 Å². The van der Waals surface area contributed by atoms with Gasteiger partial charge < -0.3 is 9.47 Å². The van der Waals surface area contributed by atoms with E-state index in [1.54, 1.807) is 31.3 Å². The van der Waals surface area contributed by atoms with Crippen LogP contribution in [0.5, 0.6) is 5.75 Å². The molecule has 0 N–H and O–H groups in total. The summed E-state index contributed by atoms with van der Waals surface area (Å²) in [6.07, 6.45) is 0.425. The number of alkyl halides is 3. The summed E-state index contributed by atoms with van der Waals surface area (Å²) < 4.78 is 63.7. The van der Waals surface area contributed by atoms with E-state index in [4.69, 9.17) is 21.1 Å². The first-order valence-electron chi connectivity index (χ1n) is 11.2. The molecule has 0 saturated heterocycles. The molecule has 10 heteroatoms. The lowest BCUT2D eigenvalue weighted by atomic mass is 9.99. The van der Waals surface area contributed by atoms with Crippen LogP contribution in [0.3, 0.4) is 0 Å². The summed E-state index contributed by atoms with van der Waals surface area (Å²) in [4.78, 5) is 20.7. The summed E-state index contributed by atoms with van der Waals surface area (Å²) >= 11 is 6.26. The van der Waals surface area contributed by atoms with Crippen LogP contribution in [-0.4, -0.2) is 22.5 Å². The summed E-state index contributed by atoms with van der Waals surface area (Å²) in [5.41, 5.74) is 1.93.